The average molecular weight is 286 g/mol. The van der Waals surface area contributed by atoms with Crippen LogP contribution in [0.15, 0.2) is 40.9 Å². The summed E-state index contributed by atoms with van der Waals surface area (Å²) < 4.78 is 5.09. The van der Waals surface area contributed by atoms with Gasteiger partial charge in [-0.15, -0.1) is 0 Å². The fourth-order valence-corrected chi connectivity index (χ4v) is 2.16. The van der Waals surface area contributed by atoms with Gasteiger partial charge in [-0.05, 0) is 12.8 Å². The molecular formula is C15H14N2O4. The van der Waals surface area contributed by atoms with E-state index in [2.05, 4.69) is 5.16 Å². The molecule has 1 aromatic carbocycles. The SMILES string of the molecule is O=C(O)CN(C(=O)c1cc(-c2ccccc2)no1)C1CC1. The van der Waals surface area contributed by atoms with Crippen LogP contribution in [0.25, 0.3) is 11.3 Å². The third kappa shape index (κ3) is 2.94. The van der Waals surface area contributed by atoms with E-state index in [0.717, 1.165) is 18.4 Å². The van der Waals surface area contributed by atoms with Crippen molar-refractivity contribution >= 4 is 11.9 Å². The minimum atomic E-state index is -1.03. The highest BCUT2D eigenvalue weighted by atomic mass is 16.5. The van der Waals surface area contributed by atoms with Crippen LogP contribution in [0, 0.1) is 0 Å². The van der Waals surface area contributed by atoms with Gasteiger partial charge in [0.15, 0.2) is 0 Å². The zero-order valence-electron chi connectivity index (χ0n) is 11.2. The molecule has 0 unspecified atom stereocenters. The average Bonchev–Trinajstić information content (AvgIpc) is 3.21. The molecule has 0 aliphatic heterocycles. The molecule has 21 heavy (non-hydrogen) atoms. The molecule has 108 valence electrons. The van der Waals surface area contributed by atoms with Gasteiger partial charge < -0.3 is 14.5 Å². The van der Waals surface area contributed by atoms with Crippen molar-refractivity contribution in [2.24, 2.45) is 0 Å². The van der Waals surface area contributed by atoms with Gasteiger partial charge in [-0.1, -0.05) is 35.5 Å². The van der Waals surface area contributed by atoms with E-state index in [4.69, 9.17) is 9.63 Å². The zero-order valence-corrected chi connectivity index (χ0v) is 11.2. The lowest BCUT2D eigenvalue weighted by molar-refractivity contribution is -0.137. The van der Waals surface area contributed by atoms with Crippen molar-refractivity contribution in [1.82, 2.24) is 10.1 Å². The van der Waals surface area contributed by atoms with E-state index < -0.39 is 11.9 Å². The minimum Gasteiger partial charge on any atom is -0.480 e. The fraction of sp³-hybridized carbons (Fsp3) is 0.267. The first kappa shape index (κ1) is 13.4. The van der Waals surface area contributed by atoms with Crippen LogP contribution in [0.2, 0.25) is 0 Å². The van der Waals surface area contributed by atoms with Gasteiger partial charge in [-0.25, -0.2) is 0 Å². The molecular weight excluding hydrogens is 272 g/mol. The van der Waals surface area contributed by atoms with Crippen LogP contribution in [-0.4, -0.2) is 39.6 Å². The largest absolute Gasteiger partial charge is 0.480 e. The quantitative estimate of drug-likeness (QED) is 0.909. The van der Waals surface area contributed by atoms with E-state index in [-0.39, 0.29) is 18.3 Å². The highest BCUT2D eigenvalue weighted by Gasteiger charge is 2.35. The van der Waals surface area contributed by atoms with Crippen LogP contribution in [0.1, 0.15) is 23.4 Å². The molecule has 0 saturated heterocycles. The minimum absolute atomic E-state index is 0.00104. The summed E-state index contributed by atoms with van der Waals surface area (Å²) in [4.78, 5) is 24.5. The number of carboxylic acids is 1. The number of aliphatic carboxylic acids is 1. The zero-order chi connectivity index (χ0) is 14.8. The Labute approximate surface area is 121 Å². The number of carbonyl (C=O) groups excluding carboxylic acids is 1. The summed E-state index contributed by atoms with van der Waals surface area (Å²) in [6.45, 7) is -0.315. The van der Waals surface area contributed by atoms with Gasteiger partial charge in [0.25, 0.3) is 5.91 Å². The molecule has 1 aliphatic carbocycles. The number of carboxylic acid groups (broad SMARTS) is 1. The maximum atomic E-state index is 12.3. The normalized spacial score (nSPS) is 13.9. The molecule has 3 rings (SSSR count). The van der Waals surface area contributed by atoms with E-state index in [0.29, 0.717) is 5.69 Å². The van der Waals surface area contributed by atoms with Crippen LogP contribution in [0.3, 0.4) is 0 Å². The summed E-state index contributed by atoms with van der Waals surface area (Å²) >= 11 is 0. The van der Waals surface area contributed by atoms with E-state index >= 15 is 0 Å². The number of carbonyl (C=O) groups is 2. The Morgan fingerprint density at radius 1 is 1.29 bits per heavy atom. The molecule has 1 aliphatic rings. The first-order chi connectivity index (χ1) is 10.1. The van der Waals surface area contributed by atoms with Crippen molar-refractivity contribution in [1.29, 1.82) is 0 Å². The second kappa shape index (κ2) is 5.40. The molecule has 0 radical (unpaired) electrons. The number of hydrogen-bond acceptors (Lipinski definition) is 4. The number of benzene rings is 1. The van der Waals surface area contributed by atoms with Gasteiger partial charge in [0.1, 0.15) is 12.2 Å². The Morgan fingerprint density at radius 2 is 2.00 bits per heavy atom. The lowest BCUT2D eigenvalue weighted by Crippen LogP contribution is -2.37. The Hall–Kier alpha value is -2.63. The Balaban J connectivity index is 1.81. The van der Waals surface area contributed by atoms with E-state index in [1.54, 1.807) is 6.07 Å². The summed E-state index contributed by atoms with van der Waals surface area (Å²) in [5.74, 6) is -1.38. The first-order valence-electron chi connectivity index (χ1n) is 6.70. The molecule has 1 saturated carbocycles. The standard InChI is InChI=1S/C15H14N2O4/c18-14(19)9-17(11-6-7-11)15(20)13-8-12(16-21-13)10-4-2-1-3-5-10/h1-5,8,11H,6-7,9H2,(H,18,19). The van der Waals surface area contributed by atoms with Crippen LogP contribution < -0.4 is 0 Å². The summed E-state index contributed by atoms with van der Waals surface area (Å²) in [7, 11) is 0. The molecule has 2 aromatic rings. The predicted octanol–water partition coefficient (Wildman–Crippen LogP) is 2.03. The van der Waals surface area contributed by atoms with Crippen molar-refractivity contribution in [2.45, 2.75) is 18.9 Å². The first-order valence-corrected chi connectivity index (χ1v) is 6.70. The summed E-state index contributed by atoms with van der Waals surface area (Å²) in [5.41, 5.74) is 1.40. The number of nitrogens with zero attached hydrogens (tertiary/aromatic N) is 2. The fourth-order valence-electron chi connectivity index (χ4n) is 2.16. The van der Waals surface area contributed by atoms with Crippen LogP contribution in [0.5, 0.6) is 0 Å². The molecule has 0 bridgehead atoms. The Morgan fingerprint density at radius 3 is 2.62 bits per heavy atom. The lowest BCUT2D eigenvalue weighted by atomic mass is 10.1. The Bertz CT molecular complexity index is 661. The van der Waals surface area contributed by atoms with Gasteiger partial charge in [-0.3, -0.25) is 9.59 Å². The maximum Gasteiger partial charge on any atom is 0.323 e. The summed E-state index contributed by atoms with van der Waals surface area (Å²) in [6, 6.07) is 10.9. The molecule has 0 spiro atoms. The second-order valence-electron chi connectivity index (χ2n) is 5.00. The third-order valence-electron chi connectivity index (χ3n) is 3.34. The smallest absolute Gasteiger partial charge is 0.323 e. The number of amides is 1. The monoisotopic (exact) mass is 286 g/mol. The van der Waals surface area contributed by atoms with Crippen LogP contribution >= 0.6 is 0 Å². The van der Waals surface area contributed by atoms with Crippen molar-refractivity contribution in [3.8, 4) is 11.3 Å². The van der Waals surface area contributed by atoms with E-state index in [1.807, 2.05) is 30.3 Å². The number of rotatable bonds is 5. The van der Waals surface area contributed by atoms with Gasteiger partial charge in [0.05, 0.1) is 0 Å². The van der Waals surface area contributed by atoms with E-state index in [1.165, 1.54) is 4.90 Å². The summed E-state index contributed by atoms with van der Waals surface area (Å²) in [6.07, 6.45) is 1.66. The molecule has 1 aromatic heterocycles. The van der Waals surface area contributed by atoms with Gasteiger partial charge in [-0.2, -0.15) is 0 Å². The van der Waals surface area contributed by atoms with Crippen molar-refractivity contribution < 1.29 is 19.2 Å². The molecule has 1 fully saturated rings. The predicted molar refractivity (Wildman–Crippen MR) is 73.6 cm³/mol. The van der Waals surface area contributed by atoms with Gasteiger partial charge in [0, 0.05) is 17.7 Å². The molecule has 6 nitrogen and oxygen atoms in total. The molecule has 0 atom stereocenters. The highest BCUT2D eigenvalue weighted by Crippen LogP contribution is 2.29. The van der Waals surface area contributed by atoms with Crippen LogP contribution in [0.4, 0.5) is 0 Å². The van der Waals surface area contributed by atoms with Crippen molar-refractivity contribution in [2.75, 3.05) is 6.54 Å². The molecule has 1 N–H and O–H groups in total. The van der Waals surface area contributed by atoms with Crippen LogP contribution in [-0.2, 0) is 4.79 Å². The molecule has 1 amide bonds. The second-order valence-corrected chi connectivity index (χ2v) is 5.00. The highest BCUT2D eigenvalue weighted by molar-refractivity contribution is 5.94. The molecule has 1 heterocycles. The van der Waals surface area contributed by atoms with Gasteiger partial charge in [0.2, 0.25) is 5.76 Å². The van der Waals surface area contributed by atoms with Crippen molar-refractivity contribution in [3.63, 3.8) is 0 Å². The maximum absolute atomic E-state index is 12.3. The van der Waals surface area contributed by atoms with Crippen molar-refractivity contribution in [3.05, 3.63) is 42.2 Å². The lowest BCUT2D eigenvalue weighted by Gasteiger charge is -2.17. The topological polar surface area (TPSA) is 83.6 Å². The number of hydrogen-bond donors (Lipinski definition) is 1. The van der Waals surface area contributed by atoms with Gasteiger partial charge >= 0.3 is 5.97 Å². The Kier molecular flexibility index (Phi) is 3.43. The summed E-state index contributed by atoms with van der Waals surface area (Å²) in [5, 5.41) is 12.8. The third-order valence-corrected chi connectivity index (χ3v) is 3.34. The molecule has 6 heteroatoms. The number of aromatic nitrogens is 1. The van der Waals surface area contributed by atoms with E-state index in [9.17, 15) is 9.59 Å².